The predicted octanol–water partition coefficient (Wildman–Crippen LogP) is 4.03. The zero-order valence-corrected chi connectivity index (χ0v) is 10.3. The zero-order valence-electron chi connectivity index (χ0n) is 8.81. The Morgan fingerprint density at radius 2 is 1.53 bits per heavy atom. The lowest BCUT2D eigenvalue weighted by molar-refractivity contribution is 0.103. The zero-order chi connectivity index (χ0) is 12.3. The van der Waals surface area contributed by atoms with Crippen LogP contribution in [-0.2, 0) is 0 Å². The second-order valence-corrected chi connectivity index (χ2v) is 4.33. The molecule has 17 heavy (non-hydrogen) atoms. The van der Waals surface area contributed by atoms with Gasteiger partial charge in [0.2, 0.25) is 0 Å². The van der Waals surface area contributed by atoms with Crippen molar-refractivity contribution in [3.63, 3.8) is 0 Å². The Balaban J connectivity index is 2.35. The Hall–Kier alpha value is -1.51. The molecule has 0 amide bonds. The van der Waals surface area contributed by atoms with Gasteiger partial charge in [-0.25, -0.2) is 0 Å². The minimum atomic E-state index is -0.0531. The molecular weight excluding hydrogens is 257 g/mol. The number of hydrogen-bond acceptors (Lipinski definition) is 2. The fourth-order valence-electron chi connectivity index (χ4n) is 1.51. The molecule has 0 atom stereocenters. The van der Waals surface area contributed by atoms with Crippen molar-refractivity contribution in [2.75, 3.05) is 3.94 Å². The molecule has 0 aliphatic carbocycles. The fourth-order valence-corrected chi connectivity index (χ4v) is 1.72. The first kappa shape index (κ1) is 12.0. The van der Waals surface area contributed by atoms with Crippen LogP contribution in [0, 0.1) is 0 Å². The van der Waals surface area contributed by atoms with Crippen LogP contribution in [0.25, 0.3) is 0 Å². The lowest BCUT2D eigenvalue weighted by atomic mass is 10.0. The van der Waals surface area contributed by atoms with Gasteiger partial charge in [0.05, 0.1) is 5.69 Å². The van der Waals surface area contributed by atoms with Gasteiger partial charge in [0, 0.05) is 34.7 Å². The number of anilines is 1. The Bertz CT molecular complexity index is 526. The van der Waals surface area contributed by atoms with Crippen LogP contribution in [0.4, 0.5) is 5.69 Å². The maximum atomic E-state index is 12.1. The number of nitrogens with zero attached hydrogens (tertiary/aromatic N) is 1. The fraction of sp³-hybridized carbons (Fsp3) is 0. The summed E-state index contributed by atoms with van der Waals surface area (Å²) < 4.78 is 0.932. The quantitative estimate of drug-likeness (QED) is 0.617. The molecule has 0 N–H and O–H groups in total. The van der Waals surface area contributed by atoms with Crippen molar-refractivity contribution in [2.24, 2.45) is 0 Å². The standard InChI is InChI=1S/C13H9Cl2NO/c14-16(15)12-8-4-7-11(9-12)13(17)10-5-2-1-3-6-10/h1-9H. The van der Waals surface area contributed by atoms with E-state index in [0.717, 1.165) is 3.94 Å². The summed E-state index contributed by atoms with van der Waals surface area (Å²) in [5.41, 5.74) is 1.76. The molecular formula is C13H9Cl2NO. The lowest BCUT2D eigenvalue weighted by Crippen LogP contribution is -2.02. The van der Waals surface area contributed by atoms with E-state index in [4.69, 9.17) is 23.6 Å². The topological polar surface area (TPSA) is 20.3 Å². The molecule has 2 aromatic rings. The number of carbonyl (C=O) groups excluding carboxylic acids is 1. The van der Waals surface area contributed by atoms with E-state index in [1.807, 2.05) is 18.2 Å². The molecule has 0 aliphatic rings. The van der Waals surface area contributed by atoms with Gasteiger partial charge >= 0.3 is 0 Å². The molecule has 2 aromatic carbocycles. The summed E-state index contributed by atoms with van der Waals surface area (Å²) >= 11 is 11.2. The van der Waals surface area contributed by atoms with Gasteiger partial charge in [-0.3, -0.25) is 4.79 Å². The average Bonchev–Trinajstić information content (AvgIpc) is 2.39. The molecule has 0 bridgehead atoms. The highest BCUT2D eigenvalue weighted by atomic mass is 35.5. The van der Waals surface area contributed by atoms with Gasteiger partial charge in [0.25, 0.3) is 0 Å². The molecule has 4 heteroatoms. The monoisotopic (exact) mass is 265 g/mol. The van der Waals surface area contributed by atoms with E-state index in [2.05, 4.69) is 0 Å². The third-order valence-electron chi connectivity index (χ3n) is 2.34. The summed E-state index contributed by atoms with van der Waals surface area (Å²) in [5, 5.41) is 0. The number of rotatable bonds is 3. The highest BCUT2D eigenvalue weighted by molar-refractivity contribution is 6.49. The third-order valence-corrected chi connectivity index (χ3v) is 2.73. The summed E-state index contributed by atoms with van der Waals surface area (Å²) in [6, 6.07) is 15.9. The second kappa shape index (κ2) is 5.21. The van der Waals surface area contributed by atoms with Crippen LogP contribution < -0.4 is 3.94 Å². The van der Waals surface area contributed by atoms with Crippen LogP contribution in [-0.4, -0.2) is 5.78 Å². The molecule has 86 valence electrons. The van der Waals surface area contributed by atoms with Crippen molar-refractivity contribution < 1.29 is 4.79 Å². The SMILES string of the molecule is O=C(c1ccccc1)c1cccc(N(Cl)Cl)c1. The summed E-state index contributed by atoms with van der Waals surface area (Å²) in [7, 11) is 0. The Morgan fingerprint density at radius 3 is 2.18 bits per heavy atom. The highest BCUT2D eigenvalue weighted by Gasteiger charge is 2.10. The maximum absolute atomic E-state index is 12.1. The van der Waals surface area contributed by atoms with Gasteiger partial charge in [0.1, 0.15) is 0 Å². The van der Waals surface area contributed by atoms with Gasteiger partial charge in [-0.1, -0.05) is 42.5 Å². The maximum Gasteiger partial charge on any atom is 0.193 e. The summed E-state index contributed by atoms with van der Waals surface area (Å²) in [6.45, 7) is 0. The molecule has 2 rings (SSSR count). The van der Waals surface area contributed by atoms with Crippen LogP contribution in [0.15, 0.2) is 54.6 Å². The van der Waals surface area contributed by atoms with E-state index < -0.39 is 0 Å². The molecule has 0 saturated heterocycles. The van der Waals surface area contributed by atoms with Crippen molar-refractivity contribution >= 4 is 35.0 Å². The molecule has 0 aromatic heterocycles. The van der Waals surface area contributed by atoms with Gasteiger partial charge in [-0.15, -0.1) is 0 Å². The molecule has 0 radical (unpaired) electrons. The largest absolute Gasteiger partial charge is 0.289 e. The Morgan fingerprint density at radius 1 is 0.882 bits per heavy atom. The van der Waals surface area contributed by atoms with Crippen molar-refractivity contribution in [1.82, 2.24) is 0 Å². The minimum absolute atomic E-state index is 0.0531. The molecule has 0 heterocycles. The van der Waals surface area contributed by atoms with Crippen LogP contribution in [0.1, 0.15) is 15.9 Å². The van der Waals surface area contributed by atoms with Crippen molar-refractivity contribution in [3.05, 3.63) is 65.7 Å². The first-order valence-electron chi connectivity index (χ1n) is 5.00. The third kappa shape index (κ3) is 2.78. The molecule has 0 unspecified atom stereocenters. The first-order chi connectivity index (χ1) is 8.18. The average molecular weight is 266 g/mol. The molecule has 2 nitrogen and oxygen atoms in total. The van der Waals surface area contributed by atoms with Gasteiger partial charge in [-0.2, -0.15) is 3.94 Å². The number of benzene rings is 2. The van der Waals surface area contributed by atoms with Crippen molar-refractivity contribution in [1.29, 1.82) is 0 Å². The minimum Gasteiger partial charge on any atom is -0.289 e. The van der Waals surface area contributed by atoms with Crippen LogP contribution >= 0.6 is 23.6 Å². The van der Waals surface area contributed by atoms with Crippen molar-refractivity contribution in [3.8, 4) is 0 Å². The molecule has 0 fully saturated rings. The summed E-state index contributed by atoms with van der Waals surface area (Å²) in [5.74, 6) is -0.0531. The number of hydrogen-bond donors (Lipinski definition) is 0. The van der Waals surface area contributed by atoms with E-state index in [0.29, 0.717) is 16.8 Å². The Kier molecular flexibility index (Phi) is 3.67. The van der Waals surface area contributed by atoms with Crippen molar-refractivity contribution in [2.45, 2.75) is 0 Å². The predicted molar refractivity (Wildman–Crippen MR) is 70.5 cm³/mol. The molecule has 0 saturated carbocycles. The van der Waals surface area contributed by atoms with Gasteiger partial charge in [0.15, 0.2) is 5.78 Å². The van der Waals surface area contributed by atoms with Gasteiger partial charge < -0.3 is 0 Å². The van der Waals surface area contributed by atoms with Crippen LogP contribution in [0.3, 0.4) is 0 Å². The number of carbonyl (C=O) groups is 1. The number of ketones is 1. The van der Waals surface area contributed by atoms with Gasteiger partial charge in [-0.05, 0) is 12.1 Å². The second-order valence-electron chi connectivity index (χ2n) is 3.48. The normalized spacial score (nSPS) is 10.0. The van der Waals surface area contributed by atoms with E-state index in [1.54, 1.807) is 36.4 Å². The molecule has 0 aliphatic heterocycles. The highest BCUT2D eigenvalue weighted by Crippen LogP contribution is 2.21. The van der Waals surface area contributed by atoms with E-state index in [1.165, 1.54) is 0 Å². The Labute approximate surface area is 110 Å². The molecule has 0 spiro atoms. The summed E-state index contributed by atoms with van der Waals surface area (Å²) in [6.07, 6.45) is 0. The van der Waals surface area contributed by atoms with Crippen LogP contribution in [0.2, 0.25) is 0 Å². The number of halogens is 2. The van der Waals surface area contributed by atoms with E-state index >= 15 is 0 Å². The van der Waals surface area contributed by atoms with Crippen LogP contribution in [0.5, 0.6) is 0 Å². The smallest absolute Gasteiger partial charge is 0.193 e. The van der Waals surface area contributed by atoms with E-state index in [-0.39, 0.29) is 5.78 Å². The van der Waals surface area contributed by atoms with E-state index in [9.17, 15) is 4.79 Å². The first-order valence-corrected chi connectivity index (χ1v) is 5.67. The lowest BCUT2D eigenvalue weighted by Gasteiger charge is -2.07. The summed E-state index contributed by atoms with van der Waals surface area (Å²) in [4.78, 5) is 12.1.